The zero-order chi connectivity index (χ0) is 27.9. The monoisotopic (exact) mass is 552 g/mol. The zero-order valence-electron chi connectivity index (χ0n) is 22.2. The highest BCUT2D eigenvalue weighted by Crippen LogP contribution is 2.38. The molecule has 1 heterocycles. The summed E-state index contributed by atoms with van der Waals surface area (Å²) < 4.78 is 79.6. The Labute approximate surface area is 220 Å². The van der Waals surface area contributed by atoms with Crippen molar-refractivity contribution in [3.05, 3.63) is 71.1 Å². The van der Waals surface area contributed by atoms with Gasteiger partial charge in [-0.2, -0.15) is 13.2 Å². The van der Waals surface area contributed by atoms with E-state index in [2.05, 4.69) is 44.2 Å². The van der Waals surface area contributed by atoms with Crippen LogP contribution in [0.5, 0.6) is 5.75 Å². The second-order valence-corrected chi connectivity index (χ2v) is 16.2. The molecule has 0 radical (unpaired) electrons. The van der Waals surface area contributed by atoms with Crippen LogP contribution in [0, 0.1) is 11.6 Å². The van der Waals surface area contributed by atoms with Crippen molar-refractivity contribution in [2.75, 3.05) is 0 Å². The molecule has 0 unspecified atom stereocenters. The van der Waals surface area contributed by atoms with Crippen molar-refractivity contribution < 1.29 is 31.1 Å². The lowest BCUT2D eigenvalue weighted by Crippen LogP contribution is -2.46. The standard InChI is InChI=1S/C28H33F5N2O2Si/c1-27(2,3)38(4,5)36-16-17-10-26(30)23(21-8-9-34-14-22(17)21)15-35-18-11-20(12-18)37-19-6-7-25(29)24(13-19)28(31,32)33/h6-10,13-14,18,20,35H,11-12,15-16H2,1-5H3/t18-,20-. The number of aromatic nitrogens is 1. The number of alkyl halides is 3. The summed E-state index contributed by atoms with van der Waals surface area (Å²) in [5.41, 5.74) is -0.0657. The average molecular weight is 553 g/mol. The van der Waals surface area contributed by atoms with E-state index in [1.165, 1.54) is 12.1 Å². The molecule has 0 amide bonds. The average Bonchev–Trinajstić information content (AvgIpc) is 2.79. The lowest BCUT2D eigenvalue weighted by molar-refractivity contribution is -0.140. The molecule has 4 nitrogen and oxygen atoms in total. The fraction of sp³-hybridized carbons (Fsp3) is 0.464. The summed E-state index contributed by atoms with van der Waals surface area (Å²) >= 11 is 0. The highest BCUT2D eigenvalue weighted by Gasteiger charge is 2.38. The SMILES string of the molecule is CC(C)(C)[Si](C)(C)OCc1cc(F)c(CN[C@H]2C[C@H](Oc3ccc(F)c(C(F)(F)F)c3)C2)c2ccncc12. The van der Waals surface area contributed by atoms with E-state index in [-0.39, 0.29) is 35.3 Å². The molecule has 1 aromatic heterocycles. The molecule has 38 heavy (non-hydrogen) atoms. The quantitative estimate of drug-likeness (QED) is 0.229. The molecule has 0 spiro atoms. The first-order valence-electron chi connectivity index (χ1n) is 12.6. The molecule has 0 atom stereocenters. The summed E-state index contributed by atoms with van der Waals surface area (Å²) in [5.74, 6) is -1.69. The third-order valence-electron chi connectivity index (χ3n) is 7.68. The largest absolute Gasteiger partial charge is 0.490 e. The maximum Gasteiger partial charge on any atom is 0.419 e. The van der Waals surface area contributed by atoms with Gasteiger partial charge in [-0.25, -0.2) is 8.78 Å². The van der Waals surface area contributed by atoms with E-state index in [4.69, 9.17) is 9.16 Å². The van der Waals surface area contributed by atoms with Crippen LogP contribution in [0.1, 0.15) is 50.3 Å². The van der Waals surface area contributed by atoms with Gasteiger partial charge in [0.15, 0.2) is 8.32 Å². The van der Waals surface area contributed by atoms with Crippen LogP contribution in [-0.4, -0.2) is 25.4 Å². The van der Waals surface area contributed by atoms with E-state index < -0.39 is 25.9 Å². The van der Waals surface area contributed by atoms with E-state index in [1.807, 2.05) is 0 Å². The van der Waals surface area contributed by atoms with Gasteiger partial charge in [0.2, 0.25) is 0 Å². The molecule has 0 bridgehead atoms. The normalized spacial score (nSPS) is 18.5. The Hall–Kier alpha value is -2.56. The lowest BCUT2D eigenvalue weighted by Gasteiger charge is -2.36. The smallest absolute Gasteiger partial charge is 0.419 e. The number of hydrogen-bond donors (Lipinski definition) is 1. The van der Waals surface area contributed by atoms with Crippen LogP contribution in [0.2, 0.25) is 18.1 Å². The topological polar surface area (TPSA) is 43.4 Å². The van der Waals surface area contributed by atoms with Gasteiger partial charge in [0.05, 0.1) is 12.2 Å². The first kappa shape index (κ1) is 28.4. The Morgan fingerprint density at radius 2 is 1.71 bits per heavy atom. The third kappa shape index (κ3) is 6.18. The Bertz CT molecular complexity index is 1300. The minimum absolute atomic E-state index is 0.0143. The predicted octanol–water partition coefficient (Wildman–Crippen LogP) is 7.75. The van der Waals surface area contributed by atoms with Crippen molar-refractivity contribution in [1.29, 1.82) is 0 Å². The number of nitrogens with one attached hydrogen (secondary N) is 1. The molecule has 206 valence electrons. The van der Waals surface area contributed by atoms with Crippen molar-refractivity contribution in [2.24, 2.45) is 0 Å². The summed E-state index contributed by atoms with van der Waals surface area (Å²) in [5, 5.41) is 4.96. The molecule has 1 saturated carbocycles. The zero-order valence-corrected chi connectivity index (χ0v) is 23.2. The maximum atomic E-state index is 15.3. The van der Waals surface area contributed by atoms with Crippen LogP contribution in [0.15, 0.2) is 42.7 Å². The van der Waals surface area contributed by atoms with Crippen molar-refractivity contribution in [3.8, 4) is 5.75 Å². The fourth-order valence-corrected chi connectivity index (χ4v) is 5.15. The van der Waals surface area contributed by atoms with Crippen molar-refractivity contribution in [1.82, 2.24) is 10.3 Å². The van der Waals surface area contributed by atoms with Gasteiger partial charge in [0.1, 0.15) is 23.5 Å². The highest BCUT2D eigenvalue weighted by molar-refractivity contribution is 6.74. The molecule has 1 aliphatic rings. The number of fused-ring (bicyclic) bond motifs is 1. The number of benzene rings is 2. The Kier molecular flexibility index (Phi) is 7.89. The summed E-state index contributed by atoms with van der Waals surface area (Å²) in [6, 6.07) is 5.97. The third-order valence-corrected chi connectivity index (χ3v) is 12.2. The van der Waals surface area contributed by atoms with Gasteiger partial charge in [-0.3, -0.25) is 4.98 Å². The molecular formula is C28H33F5N2O2Si. The molecule has 1 N–H and O–H groups in total. The van der Waals surface area contributed by atoms with Gasteiger partial charge in [-0.15, -0.1) is 0 Å². The number of ether oxygens (including phenoxy) is 1. The number of halogens is 5. The van der Waals surface area contributed by atoms with Crippen LogP contribution in [0.4, 0.5) is 22.0 Å². The second-order valence-electron chi connectivity index (χ2n) is 11.4. The van der Waals surface area contributed by atoms with Crippen LogP contribution in [-0.2, 0) is 23.8 Å². The van der Waals surface area contributed by atoms with Crippen LogP contribution >= 0.6 is 0 Å². The van der Waals surface area contributed by atoms with Crippen molar-refractivity contribution in [3.63, 3.8) is 0 Å². The predicted molar refractivity (Wildman–Crippen MR) is 139 cm³/mol. The first-order chi connectivity index (χ1) is 17.7. The lowest BCUT2D eigenvalue weighted by atomic mass is 9.88. The van der Waals surface area contributed by atoms with Crippen molar-refractivity contribution in [2.45, 2.75) is 83.2 Å². The molecule has 0 saturated heterocycles. The molecular weight excluding hydrogens is 519 g/mol. The van der Waals surface area contributed by atoms with E-state index in [0.717, 1.165) is 22.4 Å². The molecule has 10 heteroatoms. The van der Waals surface area contributed by atoms with Gasteiger partial charge in [-0.1, -0.05) is 20.8 Å². The molecule has 0 aliphatic heterocycles. The van der Waals surface area contributed by atoms with E-state index in [0.29, 0.717) is 31.1 Å². The van der Waals surface area contributed by atoms with Gasteiger partial charge in [-0.05, 0) is 72.3 Å². The van der Waals surface area contributed by atoms with Crippen molar-refractivity contribution >= 4 is 19.1 Å². The summed E-state index contributed by atoms with van der Waals surface area (Å²) in [6.07, 6.45) is -0.652. The molecule has 1 fully saturated rings. The number of pyridine rings is 1. The molecule has 2 aromatic carbocycles. The molecule has 1 aliphatic carbocycles. The number of hydrogen-bond acceptors (Lipinski definition) is 4. The van der Waals surface area contributed by atoms with Crippen LogP contribution < -0.4 is 10.1 Å². The maximum absolute atomic E-state index is 15.3. The number of nitrogens with zero attached hydrogens (tertiary/aromatic N) is 1. The summed E-state index contributed by atoms with van der Waals surface area (Å²) in [4.78, 5) is 4.24. The molecule has 3 aromatic rings. The van der Waals surface area contributed by atoms with Gasteiger partial charge >= 0.3 is 6.18 Å². The highest BCUT2D eigenvalue weighted by atomic mass is 28.4. The Morgan fingerprint density at radius 3 is 2.37 bits per heavy atom. The van der Waals surface area contributed by atoms with Gasteiger partial charge in [0.25, 0.3) is 0 Å². The van der Waals surface area contributed by atoms with Crippen LogP contribution in [0.3, 0.4) is 0 Å². The first-order valence-corrected chi connectivity index (χ1v) is 15.5. The fourth-order valence-electron chi connectivity index (χ4n) is 4.20. The second kappa shape index (κ2) is 10.5. The Morgan fingerprint density at radius 1 is 1.00 bits per heavy atom. The minimum Gasteiger partial charge on any atom is -0.490 e. The Balaban J connectivity index is 1.39. The van der Waals surface area contributed by atoms with Gasteiger partial charge in [0, 0.05) is 35.9 Å². The van der Waals surface area contributed by atoms with E-state index in [9.17, 15) is 17.6 Å². The van der Waals surface area contributed by atoms with Crippen LogP contribution in [0.25, 0.3) is 10.8 Å². The minimum atomic E-state index is -4.79. The van der Waals surface area contributed by atoms with Gasteiger partial charge < -0.3 is 14.5 Å². The summed E-state index contributed by atoms with van der Waals surface area (Å²) in [7, 11) is -2.03. The number of rotatable bonds is 8. The van der Waals surface area contributed by atoms with E-state index >= 15 is 4.39 Å². The molecule has 4 rings (SSSR count). The summed E-state index contributed by atoms with van der Waals surface area (Å²) in [6.45, 7) is 11.4. The van der Waals surface area contributed by atoms with E-state index in [1.54, 1.807) is 18.5 Å².